The van der Waals surface area contributed by atoms with Gasteiger partial charge in [0.2, 0.25) is 0 Å². The quantitative estimate of drug-likeness (QED) is 0.375. The highest BCUT2D eigenvalue weighted by Crippen LogP contribution is 2.25. The lowest BCUT2D eigenvalue weighted by Gasteiger charge is -2.13. The Hall–Kier alpha value is -1.92. The van der Waals surface area contributed by atoms with E-state index < -0.39 is 0 Å². The van der Waals surface area contributed by atoms with Crippen molar-refractivity contribution in [1.29, 1.82) is 0 Å². The highest BCUT2D eigenvalue weighted by atomic mass is 79.9. The first kappa shape index (κ1) is 16.9. The molecule has 0 aliphatic heterocycles. The standard InChI is InChI=1S/C18H15BrN2O2S/c1-11(16(22)12-7-9-13(19)10-8-12)24-18-20-15-6-4-3-5-14(15)17(23)21(18)2/h3-11H,1-2H3/t11-/m1/s1. The molecular formula is C18H15BrN2O2S. The molecule has 4 nitrogen and oxygen atoms in total. The zero-order valence-corrected chi connectivity index (χ0v) is 15.6. The molecule has 1 aromatic heterocycles. The first-order valence-corrected chi connectivity index (χ1v) is 9.07. The highest BCUT2D eigenvalue weighted by molar-refractivity contribution is 9.10. The Labute approximate surface area is 152 Å². The van der Waals surface area contributed by atoms with Crippen LogP contribution in [-0.2, 0) is 7.05 Å². The van der Waals surface area contributed by atoms with Gasteiger partial charge in [0.15, 0.2) is 10.9 Å². The van der Waals surface area contributed by atoms with Crippen LogP contribution in [-0.4, -0.2) is 20.6 Å². The zero-order chi connectivity index (χ0) is 17.3. The number of halogens is 1. The maximum absolute atomic E-state index is 12.6. The summed E-state index contributed by atoms with van der Waals surface area (Å²) in [5, 5.41) is 0.776. The molecule has 0 bridgehead atoms. The summed E-state index contributed by atoms with van der Waals surface area (Å²) < 4.78 is 2.43. The second kappa shape index (κ2) is 6.91. The van der Waals surface area contributed by atoms with Crippen molar-refractivity contribution >= 4 is 44.4 Å². The fraction of sp³-hybridized carbons (Fsp3) is 0.167. The number of hydrogen-bond donors (Lipinski definition) is 0. The highest BCUT2D eigenvalue weighted by Gasteiger charge is 2.19. The van der Waals surface area contributed by atoms with E-state index in [9.17, 15) is 9.59 Å². The number of para-hydroxylation sites is 1. The second-order valence-electron chi connectivity index (χ2n) is 5.41. The maximum atomic E-state index is 12.6. The fourth-order valence-electron chi connectivity index (χ4n) is 2.36. The van der Waals surface area contributed by atoms with Crippen LogP contribution in [0.4, 0.5) is 0 Å². The molecule has 0 aliphatic rings. The van der Waals surface area contributed by atoms with Crippen molar-refractivity contribution < 1.29 is 4.79 Å². The number of carbonyl (C=O) groups is 1. The van der Waals surface area contributed by atoms with Crippen LogP contribution in [0.25, 0.3) is 10.9 Å². The van der Waals surface area contributed by atoms with Gasteiger partial charge in [-0.1, -0.05) is 52.0 Å². The van der Waals surface area contributed by atoms with Crippen molar-refractivity contribution in [3.05, 3.63) is 68.9 Å². The molecule has 0 radical (unpaired) electrons. The molecule has 0 unspecified atom stereocenters. The van der Waals surface area contributed by atoms with Crippen molar-refractivity contribution in [2.45, 2.75) is 17.3 Å². The average Bonchev–Trinajstić information content (AvgIpc) is 2.59. The van der Waals surface area contributed by atoms with E-state index in [1.54, 1.807) is 25.2 Å². The van der Waals surface area contributed by atoms with Crippen LogP contribution in [0, 0.1) is 0 Å². The molecule has 1 atom stereocenters. The Morgan fingerprint density at radius 3 is 2.54 bits per heavy atom. The number of carbonyl (C=O) groups excluding carboxylic acids is 1. The molecule has 122 valence electrons. The summed E-state index contributed by atoms with van der Waals surface area (Å²) in [5.74, 6) is 0.00917. The number of fused-ring (bicyclic) bond motifs is 1. The molecule has 24 heavy (non-hydrogen) atoms. The first-order valence-electron chi connectivity index (χ1n) is 7.39. The molecule has 0 amide bonds. The van der Waals surface area contributed by atoms with Gasteiger partial charge in [0, 0.05) is 17.1 Å². The lowest BCUT2D eigenvalue weighted by molar-refractivity contribution is 0.0994. The summed E-state index contributed by atoms with van der Waals surface area (Å²) in [6.45, 7) is 1.83. The van der Waals surface area contributed by atoms with Gasteiger partial charge >= 0.3 is 0 Å². The number of thioether (sulfide) groups is 1. The van der Waals surface area contributed by atoms with Crippen LogP contribution in [0.15, 0.2) is 63.0 Å². The summed E-state index contributed by atoms with van der Waals surface area (Å²) in [6, 6.07) is 14.5. The Morgan fingerprint density at radius 2 is 1.83 bits per heavy atom. The van der Waals surface area contributed by atoms with Gasteiger partial charge in [0.25, 0.3) is 5.56 Å². The third-order valence-corrected chi connectivity index (χ3v) is 5.39. The molecule has 2 aromatic carbocycles. The summed E-state index contributed by atoms with van der Waals surface area (Å²) in [4.78, 5) is 29.5. The number of Topliss-reactive ketones (excluding diaryl/α,β-unsaturated/α-hetero) is 1. The third-order valence-electron chi connectivity index (χ3n) is 3.72. The number of benzene rings is 2. The number of aromatic nitrogens is 2. The van der Waals surface area contributed by atoms with Gasteiger partial charge in [0.05, 0.1) is 16.2 Å². The van der Waals surface area contributed by atoms with Gasteiger partial charge in [0.1, 0.15) is 0 Å². The zero-order valence-electron chi connectivity index (χ0n) is 13.2. The predicted octanol–water partition coefficient (Wildman–Crippen LogP) is 4.06. The van der Waals surface area contributed by atoms with E-state index in [1.807, 2.05) is 37.3 Å². The molecule has 0 aliphatic carbocycles. The molecule has 3 rings (SSSR count). The van der Waals surface area contributed by atoms with E-state index in [4.69, 9.17) is 0 Å². The molecular weight excluding hydrogens is 388 g/mol. The van der Waals surface area contributed by atoms with Crippen molar-refractivity contribution in [3.8, 4) is 0 Å². The van der Waals surface area contributed by atoms with Gasteiger partial charge in [-0.25, -0.2) is 4.98 Å². The SMILES string of the molecule is C[C@@H](Sc1nc2ccccc2c(=O)n1C)C(=O)c1ccc(Br)cc1. The molecule has 0 N–H and O–H groups in total. The molecule has 0 fully saturated rings. The van der Waals surface area contributed by atoms with Crippen molar-refractivity contribution in [3.63, 3.8) is 0 Å². The third kappa shape index (κ3) is 3.30. The van der Waals surface area contributed by atoms with Gasteiger partial charge in [-0.3, -0.25) is 14.2 Å². The van der Waals surface area contributed by atoms with Crippen molar-refractivity contribution in [2.24, 2.45) is 7.05 Å². The Morgan fingerprint density at radius 1 is 1.17 bits per heavy atom. The van der Waals surface area contributed by atoms with Crippen LogP contribution in [0.1, 0.15) is 17.3 Å². The van der Waals surface area contributed by atoms with Gasteiger partial charge in [-0.05, 0) is 31.2 Å². The van der Waals surface area contributed by atoms with E-state index in [0.717, 1.165) is 4.47 Å². The van der Waals surface area contributed by atoms with Gasteiger partial charge in [-0.2, -0.15) is 0 Å². The number of hydrogen-bond acceptors (Lipinski definition) is 4. The van der Waals surface area contributed by atoms with Crippen LogP contribution >= 0.6 is 27.7 Å². The maximum Gasteiger partial charge on any atom is 0.261 e. The number of rotatable bonds is 4. The molecule has 1 heterocycles. The predicted molar refractivity (Wildman–Crippen MR) is 101 cm³/mol. The molecule has 0 saturated carbocycles. The number of nitrogens with zero attached hydrogens (tertiary/aromatic N) is 2. The summed E-state index contributed by atoms with van der Waals surface area (Å²) in [7, 11) is 1.68. The van der Waals surface area contributed by atoms with Crippen LogP contribution in [0.5, 0.6) is 0 Å². The monoisotopic (exact) mass is 402 g/mol. The minimum absolute atomic E-state index is 0.00917. The summed E-state index contributed by atoms with van der Waals surface area (Å²) >= 11 is 4.66. The van der Waals surface area contributed by atoms with E-state index in [0.29, 0.717) is 21.6 Å². The van der Waals surface area contributed by atoms with E-state index in [2.05, 4.69) is 20.9 Å². The Balaban J connectivity index is 1.91. The smallest absolute Gasteiger partial charge is 0.261 e. The fourth-order valence-corrected chi connectivity index (χ4v) is 3.58. The van der Waals surface area contributed by atoms with Crippen molar-refractivity contribution in [2.75, 3.05) is 0 Å². The molecule has 3 aromatic rings. The first-order chi connectivity index (χ1) is 11.5. The minimum Gasteiger partial charge on any atom is -0.293 e. The van der Waals surface area contributed by atoms with Crippen molar-refractivity contribution in [1.82, 2.24) is 9.55 Å². The van der Waals surface area contributed by atoms with E-state index >= 15 is 0 Å². The molecule has 0 spiro atoms. The average molecular weight is 403 g/mol. The minimum atomic E-state index is -0.342. The van der Waals surface area contributed by atoms with Crippen LogP contribution in [0.3, 0.4) is 0 Å². The van der Waals surface area contributed by atoms with Crippen LogP contribution < -0.4 is 5.56 Å². The summed E-state index contributed by atoms with van der Waals surface area (Å²) in [5.41, 5.74) is 1.18. The van der Waals surface area contributed by atoms with E-state index in [-0.39, 0.29) is 16.6 Å². The molecule has 0 saturated heterocycles. The lowest BCUT2D eigenvalue weighted by Crippen LogP contribution is -2.22. The normalized spacial score (nSPS) is 12.3. The lowest BCUT2D eigenvalue weighted by atomic mass is 10.1. The summed E-state index contributed by atoms with van der Waals surface area (Å²) in [6.07, 6.45) is 0. The number of ketones is 1. The van der Waals surface area contributed by atoms with Gasteiger partial charge in [-0.15, -0.1) is 0 Å². The largest absolute Gasteiger partial charge is 0.293 e. The van der Waals surface area contributed by atoms with Crippen LogP contribution in [0.2, 0.25) is 0 Å². The Bertz CT molecular complexity index is 967. The second-order valence-corrected chi connectivity index (χ2v) is 7.63. The Kier molecular flexibility index (Phi) is 4.87. The van der Waals surface area contributed by atoms with Gasteiger partial charge < -0.3 is 0 Å². The topological polar surface area (TPSA) is 52.0 Å². The molecule has 6 heteroatoms. The van der Waals surface area contributed by atoms with E-state index in [1.165, 1.54) is 16.3 Å².